The van der Waals surface area contributed by atoms with E-state index in [1.807, 2.05) is 6.92 Å². The van der Waals surface area contributed by atoms with Crippen molar-refractivity contribution in [3.63, 3.8) is 0 Å². The minimum Gasteiger partial charge on any atom is -0.540 e. The molecule has 4 rings (SSSR count). The van der Waals surface area contributed by atoms with Crippen LogP contribution in [0, 0.1) is 44.6 Å². The number of rotatable bonds is 5. The molecule has 0 radical (unpaired) electrons. The second kappa shape index (κ2) is 8.64. The van der Waals surface area contributed by atoms with Gasteiger partial charge in [0, 0.05) is 44.0 Å². The van der Waals surface area contributed by atoms with E-state index in [4.69, 9.17) is 18.4 Å². The van der Waals surface area contributed by atoms with Gasteiger partial charge in [-0.05, 0) is 38.0 Å². The van der Waals surface area contributed by atoms with Gasteiger partial charge in [0.2, 0.25) is 0 Å². The van der Waals surface area contributed by atoms with Crippen molar-refractivity contribution in [3.05, 3.63) is 36.4 Å². The summed E-state index contributed by atoms with van der Waals surface area (Å²) in [6.07, 6.45) is 3.72. The van der Waals surface area contributed by atoms with Crippen molar-refractivity contribution in [1.82, 2.24) is 0 Å². The molecule has 3 aliphatic rings. The van der Waals surface area contributed by atoms with E-state index in [0.29, 0.717) is 0 Å². The van der Waals surface area contributed by atoms with Gasteiger partial charge in [-0.15, -0.1) is 0 Å². The normalized spacial score (nSPS) is 31.5. The predicted molar refractivity (Wildman–Crippen MR) is 95.1 cm³/mol. The van der Waals surface area contributed by atoms with Gasteiger partial charge in [0.1, 0.15) is 5.60 Å². The molecule has 3 atom stereocenters. The number of aliphatic hydroxyl groups excluding tert-OH is 1. The maximum Gasteiger partial charge on any atom is 0.297 e. The van der Waals surface area contributed by atoms with Gasteiger partial charge in [0.05, 0.1) is 24.2 Å². The molecule has 0 bridgehead atoms. The maximum absolute atomic E-state index is 12.5. The smallest absolute Gasteiger partial charge is 0.297 e. The predicted octanol–water partition coefficient (Wildman–Crippen LogP) is 2.07. The van der Waals surface area contributed by atoms with Crippen LogP contribution in [0.25, 0.3) is 0 Å². The number of benzene rings is 1. The summed E-state index contributed by atoms with van der Waals surface area (Å²) >= 11 is 0. The van der Waals surface area contributed by atoms with Crippen LogP contribution in [-0.2, 0) is 28.5 Å². The Balaban J connectivity index is 0.00000225. The summed E-state index contributed by atoms with van der Waals surface area (Å²) < 4.78 is 48.2. The molecule has 2 heterocycles. The third-order valence-corrected chi connectivity index (χ3v) is 6.88. The zero-order chi connectivity index (χ0) is 19.1. The van der Waals surface area contributed by atoms with Crippen LogP contribution in [0.15, 0.2) is 29.2 Å². The van der Waals surface area contributed by atoms with Crippen LogP contribution in [-0.4, -0.2) is 50.3 Å². The van der Waals surface area contributed by atoms with Gasteiger partial charge in [-0.25, -0.2) is 0 Å². The van der Waals surface area contributed by atoms with Crippen LogP contribution >= 0.6 is 0 Å². The average Bonchev–Trinajstić information content (AvgIpc) is 3.17. The summed E-state index contributed by atoms with van der Waals surface area (Å²) in [6, 6.07) is 6.39. The molecule has 1 unspecified atom stereocenters. The van der Waals surface area contributed by atoms with E-state index < -0.39 is 40.3 Å². The number of ether oxygens (including phenoxy) is 3. The Morgan fingerprint density at radius 2 is 1.86 bits per heavy atom. The first-order chi connectivity index (χ1) is 12.9. The molecule has 3 fully saturated rings. The third kappa shape index (κ3) is 4.24. The van der Waals surface area contributed by atoms with E-state index in [2.05, 4.69) is 0 Å². The van der Waals surface area contributed by atoms with Crippen molar-refractivity contribution in [3.8, 4) is 0 Å². The van der Waals surface area contributed by atoms with E-state index in [-0.39, 0.29) is 42.6 Å². The minimum atomic E-state index is -3.98. The molecule has 1 aromatic rings. The second-order valence-corrected chi connectivity index (χ2v) is 9.21. The monoisotopic (exact) mass is 635 g/mol. The Bertz CT molecular complexity index is 776. The molecule has 2 aliphatic heterocycles. The standard InChI is InChI=1S/C19H25O7S.U/c1-14-5-7-15(8-6-14)27(21,22)24-13-18(12-20)17-16(11-23-18)25-19(26-17)9-3-2-4-10-19;/h5-8,11,16-17,20H,2-4,9-10,12-13H2,1H3;/q-1;/t16-,17?,18+;/m1./s1. The first kappa shape index (κ1) is 22.7. The van der Waals surface area contributed by atoms with E-state index >= 15 is 0 Å². The van der Waals surface area contributed by atoms with E-state index in [1.54, 1.807) is 12.1 Å². The molecule has 7 nitrogen and oxygen atoms in total. The Labute approximate surface area is 189 Å². The summed E-state index contributed by atoms with van der Waals surface area (Å²) in [5.74, 6) is -0.663. The summed E-state index contributed by atoms with van der Waals surface area (Å²) in [7, 11) is -3.98. The van der Waals surface area contributed by atoms with Crippen LogP contribution in [0.4, 0.5) is 0 Å². The Kier molecular flexibility index (Phi) is 7.00. The molecule has 1 saturated carbocycles. The fraction of sp³-hybridized carbons (Fsp3) is 0.632. The molecule has 9 heteroatoms. The number of hydrogen-bond acceptors (Lipinski definition) is 7. The van der Waals surface area contributed by atoms with Gasteiger partial charge >= 0.3 is 0 Å². The maximum atomic E-state index is 12.5. The largest absolute Gasteiger partial charge is 0.540 e. The molecule has 1 aromatic carbocycles. The molecule has 0 amide bonds. The van der Waals surface area contributed by atoms with Crippen LogP contribution < -0.4 is 0 Å². The van der Waals surface area contributed by atoms with Crippen molar-refractivity contribution in [2.75, 3.05) is 13.2 Å². The summed E-state index contributed by atoms with van der Waals surface area (Å²) in [4.78, 5) is 0.0621. The van der Waals surface area contributed by atoms with Crippen LogP contribution in [0.1, 0.15) is 37.7 Å². The fourth-order valence-electron chi connectivity index (χ4n) is 3.98. The van der Waals surface area contributed by atoms with Crippen LogP contribution in [0.5, 0.6) is 0 Å². The fourth-order valence-corrected chi connectivity index (χ4v) is 4.94. The number of hydrogen-bond donors (Lipinski definition) is 1. The average molecular weight is 635 g/mol. The van der Waals surface area contributed by atoms with E-state index in [1.165, 1.54) is 18.7 Å². The second-order valence-electron chi connectivity index (χ2n) is 7.60. The SMILES string of the molecule is Cc1ccc(S(=O)(=O)OC[C@]2(CO)O[CH-][C@H]3OC4(CCCCC4)OC32)cc1.[U]. The molecule has 2 saturated heterocycles. The molecule has 1 aliphatic carbocycles. The van der Waals surface area contributed by atoms with Crippen molar-refractivity contribution in [2.24, 2.45) is 0 Å². The molecular weight excluding hydrogens is 610 g/mol. The Morgan fingerprint density at radius 3 is 2.50 bits per heavy atom. The van der Waals surface area contributed by atoms with E-state index in [0.717, 1.165) is 37.7 Å². The number of aryl methyl sites for hydroxylation is 1. The van der Waals surface area contributed by atoms with Gasteiger partial charge < -0.3 is 19.3 Å². The van der Waals surface area contributed by atoms with Crippen LogP contribution in [0.2, 0.25) is 0 Å². The third-order valence-electron chi connectivity index (χ3n) is 5.60. The summed E-state index contributed by atoms with van der Waals surface area (Å²) in [5, 5.41) is 10.00. The Hall–Kier alpha value is 0.0219. The van der Waals surface area contributed by atoms with Gasteiger partial charge in [-0.3, -0.25) is 4.18 Å². The van der Waals surface area contributed by atoms with Crippen molar-refractivity contribution in [2.45, 2.75) is 67.5 Å². The van der Waals surface area contributed by atoms with Crippen molar-refractivity contribution in [1.29, 1.82) is 0 Å². The topological polar surface area (TPSA) is 91.3 Å². The molecular formula is C19H25O7SU-. The zero-order valence-electron chi connectivity index (χ0n) is 15.8. The molecule has 1 spiro atoms. The first-order valence-electron chi connectivity index (χ1n) is 9.32. The van der Waals surface area contributed by atoms with Crippen molar-refractivity contribution >= 4 is 10.1 Å². The molecule has 154 valence electrons. The molecule has 1 N–H and O–H groups in total. The first-order valence-corrected chi connectivity index (χ1v) is 10.7. The molecule has 0 aromatic heterocycles. The van der Waals surface area contributed by atoms with Gasteiger partial charge in [0.25, 0.3) is 10.1 Å². The summed E-state index contributed by atoms with van der Waals surface area (Å²) in [5.41, 5.74) is -0.352. The minimum absolute atomic E-state index is 0. The zero-order valence-corrected chi connectivity index (χ0v) is 20.8. The number of fused-ring (bicyclic) bond motifs is 1. The molecule has 28 heavy (non-hydrogen) atoms. The van der Waals surface area contributed by atoms with E-state index in [9.17, 15) is 13.5 Å². The van der Waals surface area contributed by atoms with Gasteiger partial charge in [-0.2, -0.15) is 15.0 Å². The van der Waals surface area contributed by atoms with Gasteiger partial charge in [-0.1, -0.05) is 24.1 Å². The number of aliphatic hydroxyl groups is 1. The van der Waals surface area contributed by atoms with Gasteiger partial charge in [0.15, 0.2) is 5.79 Å². The quantitative estimate of drug-likeness (QED) is 0.392. The summed E-state index contributed by atoms with van der Waals surface area (Å²) in [6.45, 7) is 2.58. The van der Waals surface area contributed by atoms with Crippen LogP contribution in [0.3, 0.4) is 0 Å². The Morgan fingerprint density at radius 1 is 1.18 bits per heavy atom. The van der Waals surface area contributed by atoms with Crippen molar-refractivity contribution < 1.29 is 63.0 Å².